The molecule has 1 aromatic carbocycles. The fraction of sp³-hybridized carbons (Fsp3) is 0.231. The smallest absolute Gasteiger partial charge is 0.253 e. The monoisotopic (exact) mass is 280 g/mol. The van der Waals surface area contributed by atoms with Gasteiger partial charge in [0.15, 0.2) is 0 Å². The number of aliphatic hydroxyl groups is 2. The molecule has 0 bridgehead atoms. The van der Waals surface area contributed by atoms with Crippen LogP contribution < -0.4 is 5.32 Å². The van der Waals surface area contributed by atoms with Gasteiger partial charge in [0, 0.05) is 18.1 Å². The van der Waals surface area contributed by atoms with Gasteiger partial charge in [0.25, 0.3) is 5.91 Å². The minimum absolute atomic E-state index is 0.0215. The molecule has 6 heteroatoms. The Hall–Kier alpha value is -1.69. The summed E-state index contributed by atoms with van der Waals surface area (Å²) in [6.45, 7) is -0.424. The van der Waals surface area contributed by atoms with E-state index in [0.717, 1.165) is 0 Å². The molecule has 3 N–H and O–H groups in total. The van der Waals surface area contributed by atoms with Crippen LogP contribution in [0.3, 0.4) is 0 Å². The number of aromatic nitrogens is 1. The maximum absolute atomic E-state index is 12.0. The predicted molar refractivity (Wildman–Crippen MR) is 72.2 cm³/mol. The second-order valence-electron chi connectivity index (χ2n) is 4.05. The van der Waals surface area contributed by atoms with Crippen LogP contribution in [0.4, 0.5) is 0 Å². The number of benzene rings is 1. The molecule has 19 heavy (non-hydrogen) atoms. The largest absolute Gasteiger partial charge is 0.394 e. The highest BCUT2D eigenvalue weighted by Gasteiger charge is 2.13. The number of halogens is 1. The standard InChI is InChI=1S/C13H13ClN2O3/c14-12-10-4-2-1-3-9(10)11(6-15-12)13(19)16-5-8(18)7-17/h1-4,6,8,17-18H,5,7H2,(H,16,19). The quantitative estimate of drug-likeness (QED) is 0.729. The van der Waals surface area contributed by atoms with Crippen molar-refractivity contribution < 1.29 is 15.0 Å². The lowest BCUT2D eigenvalue weighted by Gasteiger charge is -2.10. The third-order valence-corrected chi connectivity index (χ3v) is 3.00. The van der Waals surface area contributed by atoms with Crippen molar-refractivity contribution in [1.82, 2.24) is 10.3 Å². The summed E-state index contributed by atoms with van der Waals surface area (Å²) in [5.41, 5.74) is 0.380. The van der Waals surface area contributed by atoms with E-state index in [1.165, 1.54) is 6.20 Å². The number of nitrogens with zero attached hydrogens (tertiary/aromatic N) is 1. The Morgan fingerprint density at radius 3 is 2.74 bits per heavy atom. The molecule has 1 heterocycles. The minimum Gasteiger partial charge on any atom is -0.394 e. The lowest BCUT2D eigenvalue weighted by molar-refractivity contribution is 0.0803. The van der Waals surface area contributed by atoms with Crippen LogP contribution in [0.5, 0.6) is 0 Å². The van der Waals surface area contributed by atoms with E-state index in [0.29, 0.717) is 21.5 Å². The number of hydrogen-bond acceptors (Lipinski definition) is 4. The first-order valence-corrected chi connectivity index (χ1v) is 6.11. The first-order valence-electron chi connectivity index (χ1n) is 5.74. The summed E-state index contributed by atoms with van der Waals surface area (Å²) in [7, 11) is 0. The van der Waals surface area contributed by atoms with Crippen molar-refractivity contribution in [2.45, 2.75) is 6.10 Å². The highest BCUT2D eigenvalue weighted by atomic mass is 35.5. The molecule has 1 aromatic heterocycles. The molecule has 1 amide bonds. The maximum Gasteiger partial charge on any atom is 0.253 e. The molecule has 0 radical (unpaired) electrons. The molecule has 0 aliphatic heterocycles. The van der Waals surface area contributed by atoms with Crippen molar-refractivity contribution >= 4 is 28.3 Å². The molecule has 1 atom stereocenters. The summed E-state index contributed by atoms with van der Waals surface area (Å²) >= 11 is 5.97. The molecule has 0 saturated heterocycles. The minimum atomic E-state index is -0.976. The highest BCUT2D eigenvalue weighted by Crippen LogP contribution is 2.23. The molecule has 0 saturated carbocycles. The summed E-state index contributed by atoms with van der Waals surface area (Å²) in [4.78, 5) is 16.0. The third-order valence-electron chi connectivity index (χ3n) is 2.70. The van der Waals surface area contributed by atoms with Gasteiger partial charge in [-0.1, -0.05) is 35.9 Å². The normalized spacial score (nSPS) is 12.4. The summed E-state index contributed by atoms with van der Waals surface area (Å²) in [6, 6.07) is 7.18. The molecule has 0 spiro atoms. The van der Waals surface area contributed by atoms with Gasteiger partial charge >= 0.3 is 0 Å². The number of rotatable bonds is 4. The molecular weight excluding hydrogens is 268 g/mol. The second-order valence-corrected chi connectivity index (χ2v) is 4.41. The van der Waals surface area contributed by atoms with Gasteiger partial charge in [-0.05, 0) is 5.39 Å². The zero-order valence-corrected chi connectivity index (χ0v) is 10.8. The van der Waals surface area contributed by atoms with E-state index in [1.54, 1.807) is 18.2 Å². The average Bonchev–Trinajstić information content (AvgIpc) is 2.45. The van der Waals surface area contributed by atoms with Crippen molar-refractivity contribution in [3.8, 4) is 0 Å². The SMILES string of the molecule is O=C(NCC(O)CO)c1cnc(Cl)c2ccccc12. The van der Waals surface area contributed by atoms with Crippen molar-refractivity contribution in [1.29, 1.82) is 0 Å². The maximum atomic E-state index is 12.0. The number of aliphatic hydroxyl groups excluding tert-OH is 2. The number of carbonyl (C=O) groups excluding carboxylic acids is 1. The summed E-state index contributed by atoms with van der Waals surface area (Å²) in [5.74, 6) is -0.368. The molecule has 5 nitrogen and oxygen atoms in total. The van der Waals surface area contributed by atoms with Crippen LogP contribution in [0.15, 0.2) is 30.5 Å². The van der Waals surface area contributed by atoms with Crippen molar-refractivity contribution in [3.63, 3.8) is 0 Å². The van der Waals surface area contributed by atoms with Gasteiger partial charge < -0.3 is 15.5 Å². The van der Waals surface area contributed by atoms with E-state index in [2.05, 4.69) is 10.3 Å². The third kappa shape index (κ3) is 3.01. The first kappa shape index (κ1) is 13.7. The van der Waals surface area contributed by atoms with Gasteiger partial charge in [-0.3, -0.25) is 4.79 Å². The lowest BCUT2D eigenvalue weighted by atomic mass is 10.1. The Balaban J connectivity index is 2.30. The summed E-state index contributed by atoms with van der Waals surface area (Å²) < 4.78 is 0. The van der Waals surface area contributed by atoms with E-state index in [9.17, 15) is 9.90 Å². The number of amides is 1. The Labute approximate surface area is 114 Å². The first-order chi connectivity index (χ1) is 9.13. The Kier molecular flexibility index (Phi) is 4.31. The van der Waals surface area contributed by atoms with Crippen LogP contribution >= 0.6 is 11.6 Å². The topological polar surface area (TPSA) is 82.5 Å². The van der Waals surface area contributed by atoms with Crippen LogP contribution in [-0.4, -0.2) is 40.4 Å². The second kappa shape index (κ2) is 5.97. The van der Waals surface area contributed by atoms with Crippen LogP contribution in [0.25, 0.3) is 10.8 Å². The van der Waals surface area contributed by atoms with Crippen LogP contribution in [0.2, 0.25) is 5.15 Å². The number of pyridine rings is 1. The van der Waals surface area contributed by atoms with Crippen LogP contribution in [0.1, 0.15) is 10.4 Å². The molecule has 0 aliphatic carbocycles. The van der Waals surface area contributed by atoms with E-state index in [4.69, 9.17) is 16.7 Å². The number of hydrogen-bond donors (Lipinski definition) is 3. The van der Waals surface area contributed by atoms with Crippen molar-refractivity contribution in [2.24, 2.45) is 0 Å². The van der Waals surface area contributed by atoms with Gasteiger partial charge in [-0.25, -0.2) is 4.98 Å². The van der Waals surface area contributed by atoms with Crippen molar-refractivity contribution in [3.05, 3.63) is 41.2 Å². The molecular formula is C13H13ClN2O3. The molecule has 2 rings (SSSR count). The van der Waals surface area contributed by atoms with Gasteiger partial charge in [0.1, 0.15) is 5.15 Å². The van der Waals surface area contributed by atoms with Crippen molar-refractivity contribution in [2.75, 3.05) is 13.2 Å². The molecule has 2 aromatic rings. The van der Waals surface area contributed by atoms with Gasteiger partial charge in [0.05, 0.1) is 18.3 Å². The zero-order valence-electron chi connectivity index (χ0n) is 10.0. The lowest BCUT2D eigenvalue weighted by Crippen LogP contribution is -2.34. The van der Waals surface area contributed by atoms with E-state index in [-0.39, 0.29) is 12.5 Å². The summed E-state index contributed by atoms with van der Waals surface area (Å²) in [5, 5.41) is 22.2. The van der Waals surface area contributed by atoms with Crippen LogP contribution in [-0.2, 0) is 0 Å². The number of nitrogens with one attached hydrogen (secondary N) is 1. The van der Waals surface area contributed by atoms with Gasteiger partial charge in [-0.15, -0.1) is 0 Å². The van der Waals surface area contributed by atoms with Gasteiger partial charge in [-0.2, -0.15) is 0 Å². The van der Waals surface area contributed by atoms with Gasteiger partial charge in [0.2, 0.25) is 0 Å². The fourth-order valence-corrected chi connectivity index (χ4v) is 1.92. The fourth-order valence-electron chi connectivity index (χ4n) is 1.71. The van der Waals surface area contributed by atoms with E-state index < -0.39 is 12.7 Å². The Morgan fingerprint density at radius 1 is 1.37 bits per heavy atom. The Morgan fingerprint density at radius 2 is 2.05 bits per heavy atom. The number of fused-ring (bicyclic) bond motifs is 1. The molecule has 100 valence electrons. The highest BCUT2D eigenvalue weighted by molar-refractivity contribution is 6.34. The molecule has 1 unspecified atom stereocenters. The molecule has 0 fully saturated rings. The van der Waals surface area contributed by atoms with E-state index >= 15 is 0 Å². The van der Waals surface area contributed by atoms with Crippen LogP contribution in [0, 0.1) is 0 Å². The zero-order chi connectivity index (χ0) is 13.8. The summed E-state index contributed by atoms with van der Waals surface area (Å²) in [6.07, 6.45) is 0.418. The molecule has 0 aliphatic rings. The Bertz CT molecular complexity index is 603. The van der Waals surface area contributed by atoms with E-state index in [1.807, 2.05) is 6.07 Å². The number of carbonyl (C=O) groups is 1. The predicted octanol–water partition coefficient (Wildman–Crippen LogP) is 0.971. The average molecular weight is 281 g/mol.